The molecule has 2 rings (SSSR count). The Balaban J connectivity index is 2.08. The summed E-state index contributed by atoms with van der Waals surface area (Å²) in [6, 6.07) is 0. The van der Waals surface area contributed by atoms with E-state index in [2.05, 4.69) is 20.1 Å². The summed E-state index contributed by atoms with van der Waals surface area (Å²) in [7, 11) is 3.19. The molecular weight excluding hydrogens is 288 g/mol. The largest absolute Gasteiger partial charge is 0.465 e. The fourth-order valence-corrected chi connectivity index (χ4v) is 2.58. The van der Waals surface area contributed by atoms with E-state index >= 15 is 0 Å². The number of esters is 1. The summed E-state index contributed by atoms with van der Waals surface area (Å²) in [6.07, 6.45) is 1.79. The Bertz CT molecular complexity index is 608. The molecule has 8 heteroatoms. The lowest BCUT2D eigenvalue weighted by Gasteiger charge is -2.01. The van der Waals surface area contributed by atoms with Crippen molar-refractivity contribution in [3.05, 3.63) is 27.5 Å². The summed E-state index contributed by atoms with van der Waals surface area (Å²) in [4.78, 5) is 15.8. The minimum Gasteiger partial charge on any atom is -0.465 e. The summed E-state index contributed by atoms with van der Waals surface area (Å²) in [5, 5.41) is 8.00. The molecule has 0 aliphatic carbocycles. The smallest absolute Gasteiger partial charge is 0.351 e. The van der Waals surface area contributed by atoms with Gasteiger partial charge >= 0.3 is 5.97 Å². The van der Waals surface area contributed by atoms with Crippen LogP contribution in [0, 0.1) is 6.92 Å². The molecular formula is C11H13ClN4O2S. The number of halogens is 1. The molecule has 0 saturated heterocycles. The van der Waals surface area contributed by atoms with Gasteiger partial charge in [0, 0.05) is 24.8 Å². The molecule has 0 atom stereocenters. The van der Waals surface area contributed by atoms with E-state index in [9.17, 15) is 4.79 Å². The van der Waals surface area contributed by atoms with Crippen molar-refractivity contribution in [2.75, 3.05) is 12.4 Å². The molecule has 2 aromatic rings. The lowest BCUT2D eigenvalue weighted by molar-refractivity contribution is 0.0606. The topological polar surface area (TPSA) is 69.0 Å². The van der Waals surface area contributed by atoms with Crippen LogP contribution < -0.4 is 5.32 Å². The van der Waals surface area contributed by atoms with Crippen LogP contribution in [0.15, 0.2) is 6.20 Å². The number of aryl methyl sites for hydroxylation is 1. The number of carbonyl (C=O) groups excluding carboxylic acids is 1. The average molecular weight is 301 g/mol. The Morgan fingerprint density at radius 3 is 2.95 bits per heavy atom. The lowest BCUT2D eigenvalue weighted by atomic mass is 10.2. The Morgan fingerprint density at radius 2 is 2.37 bits per heavy atom. The van der Waals surface area contributed by atoms with Gasteiger partial charge in [-0.25, -0.2) is 9.78 Å². The minimum absolute atomic E-state index is 0.155. The molecule has 0 aliphatic heterocycles. The van der Waals surface area contributed by atoms with E-state index in [0.29, 0.717) is 16.6 Å². The van der Waals surface area contributed by atoms with Gasteiger partial charge < -0.3 is 10.1 Å². The van der Waals surface area contributed by atoms with Gasteiger partial charge in [0.2, 0.25) is 0 Å². The van der Waals surface area contributed by atoms with Crippen LogP contribution in [0.1, 0.15) is 20.9 Å². The van der Waals surface area contributed by atoms with E-state index in [1.54, 1.807) is 10.9 Å². The zero-order valence-corrected chi connectivity index (χ0v) is 12.3. The maximum absolute atomic E-state index is 11.4. The number of carbonyl (C=O) groups is 1. The maximum Gasteiger partial charge on any atom is 0.351 e. The third-order valence-electron chi connectivity index (χ3n) is 2.72. The number of nitrogens with one attached hydrogen (secondary N) is 1. The molecule has 0 amide bonds. The molecule has 0 fully saturated rings. The van der Waals surface area contributed by atoms with Crippen molar-refractivity contribution in [1.82, 2.24) is 14.8 Å². The second-order valence-electron chi connectivity index (χ2n) is 3.86. The van der Waals surface area contributed by atoms with E-state index in [4.69, 9.17) is 11.6 Å². The summed E-state index contributed by atoms with van der Waals surface area (Å²) in [6.45, 7) is 2.56. The fraction of sp³-hybridized carbons (Fsp3) is 0.364. The molecule has 0 radical (unpaired) electrons. The molecule has 0 unspecified atom stereocenters. The Labute approximate surface area is 119 Å². The Morgan fingerprint density at radius 1 is 1.63 bits per heavy atom. The number of hydrogen-bond donors (Lipinski definition) is 1. The molecule has 1 N–H and O–H groups in total. The van der Waals surface area contributed by atoms with Crippen molar-refractivity contribution in [3.8, 4) is 0 Å². The van der Waals surface area contributed by atoms with E-state index < -0.39 is 5.97 Å². The predicted octanol–water partition coefficient (Wildman–Crippen LogP) is 2.24. The standard InChI is InChI=1S/C11H13ClN4O2S/c1-6-7(5-14-16(6)2)4-13-11-15-9(12)8(19-11)10(17)18-3/h5H,4H2,1-3H3,(H,13,15). The second-order valence-corrected chi connectivity index (χ2v) is 5.22. The van der Waals surface area contributed by atoms with Crippen molar-refractivity contribution >= 4 is 34.0 Å². The molecule has 0 spiro atoms. The third-order valence-corrected chi connectivity index (χ3v) is 4.10. The quantitative estimate of drug-likeness (QED) is 0.877. The number of methoxy groups -OCH3 is 1. The van der Waals surface area contributed by atoms with Gasteiger partial charge in [0.15, 0.2) is 15.2 Å². The van der Waals surface area contributed by atoms with E-state index in [1.165, 1.54) is 18.4 Å². The molecule has 0 bridgehead atoms. The van der Waals surface area contributed by atoms with Crippen LogP contribution in [0.3, 0.4) is 0 Å². The summed E-state index contributed by atoms with van der Waals surface area (Å²) < 4.78 is 6.42. The van der Waals surface area contributed by atoms with Gasteiger partial charge in [-0.3, -0.25) is 4.68 Å². The lowest BCUT2D eigenvalue weighted by Crippen LogP contribution is -2.01. The van der Waals surface area contributed by atoms with Gasteiger partial charge in [-0.05, 0) is 6.92 Å². The molecule has 0 saturated carbocycles. The zero-order valence-electron chi connectivity index (χ0n) is 10.7. The van der Waals surface area contributed by atoms with Crippen LogP contribution in [-0.2, 0) is 18.3 Å². The van der Waals surface area contributed by atoms with Gasteiger partial charge in [0.1, 0.15) is 0 Å². The van der Waals surface area contributed by atoms with Gasteiger partial charge in [-0.2, -0.15) is 5.10 Å². The Kier molecular flexibility index (Phi) is 4.06. The number of thiazole rings is 1. The highest BCUT2D eigenvalue weighted by atomic mass is 35.5. The normalized spacial score (nSPS) is 10.5. The van der Waals surface area contributed by atoms with Crippen LogP contribution in [-0.4, -0.2) is 27.8 Å². The number of hydrogen-bond acceptors (Lipinski definition) is 6. The van der Waals surface area contributed by atoms with Crippen molar-refractivity contribution in [2.45, 2.75) is 13.5 Å². The second kappa shape index (κ2) is 5.58. The van der Waals surface area contributed by atoms with E-state index in [-0.39, 0.29) is 5.15 Å². The summed E-state index contributed by atoms with van der Waals surface area (Å²) in [5.41, 5.74) is 2.14. The molecule has 2 aromatic heterocycles. The third kappa shape index (κ3) is 2.87. The zero-order chi connectivity index (χ0) is 14.0. The minimum atomic E-state index is -0.479. The van der Waals surface area contributed by atoms with Crippen LogP contribution in [0.2, 0.25) is 5.15 Å². The first-order chi connectivity index (χ1) is 9.02. The monoisotopic (exact) mass is 300 g/mol. The summed E-state index contributed by atoms with van der Waals surface area (Å²) in [5.74, 6) is -0.479. The number of aromatic nitrogens is 3. The van der Waals surface area contributed by atoms with Gasteiger partial charge in [0.25, 0.3) is 0 Å². The molecule has 6 nitrogen and oxygen atoms in total. The molecule has 0 aromatic carbocycles. The first-order valence-electron chi connectivity index (χ1n) is 5.49. The van der Waals surface area contributed by atoms with Gasteiger partial charge in [-0.15, -0.1) is 0 Å². The number of ether oxygens (including phenoxy) is 1. The molecule has 2 heterocycles. The fourth-order valence-electron chi connectivity index (χ4n) is 1.48. The van der Waals surface area contributed by atoms with Crippen LogP contribution >= 0.6 is 22.9 Å². The highest BCUT2D eigenvalue weighted by Gasteiger charge is 2.17. The molecule has 0 aliphatic rings. The highest BCUT2D eigenvalue weighted by Crippen LogP contribution is 2.27. The van der Waals surface area contributed by atoms with Crippen molar-refractivity contribution in [1.29, 1.82) is 0 Å². The van der Waals surface area contributed by atoms with E-state index in [0.717, 1.165) is 11.3 Å². The maximum atomic E-state index is 11.4. The van der Waals surface area contributed by atoms with Gasteiger partial charge in [-0.1, -0.05) is 22.9 Å². The average Bonchev–Trinajstić information content (AvgIpc) is 2.91. The predicted molar refractivity (Wildman–Crippen MR) is 73.7 cm³/mol. The number of nitrogens with zero attached hydrogens (tertiary/aromatic N) is 3. The van der Waals surface area contributed by atoms with Crippen LogP contribution in [0.4, 0.5) is 5.13 Å². The molecule has 19 heavy (non-hydrogen) atoms. The van der Waals surface area contributed by atoms with Crippen molar-refractivity contribution in [3.63, 3.8) is 0 Å². The highest BCUT2D eigenvalue weighted by molar-refractivity contribution is 7.18. The van der Waals surface area contributed by atoms with Crippen molar-refractivity contribution in [2.24, 2.45) is 7.05 Å². The first-order valence-corrected chi connectivity index (χ1v) is 6.68. The summed E-state index contributed by atoms with van der Waals surface area (Å²) >= 11 is 7.05. The van der Waals surface area contributed by atoms with E-state index in [1.807, 2.05) is 14.0 Å². The van der Waals surface area contributed by atoms with Crippen LogP contribution in [0.25, 0.3) is 0 Å². The number of rotatable bonds is 4. The first kappa shape index (κ1) is 13.8. The van der Waals surface area contributed by atoms with Gasteiger partial charge in [0.05, 0.1) is 13.3 Å². The Hall–Kier alpha value is -1.60. The SMILES string of the molecule is COC(=O)c1sc(NCc2cnn(C)c2C)nc1Cl. The number of anilines is 1. The molecule has 102 valence electrons. The van der Waals surface area contributed by atoms with Crippen molar-refractivity contribution < 1.29 is 9.53 Å². The van der Waals surface area contributed by atoms with Crippen LogP contribution in [0.5, 0.6) is 0 Å².